The van der Waals surface area contributed by atoms with Crippen LogP contribution >= 0.6 is 0 Å². The Kier molecular flexibility index (Phi) is 15.9. The van der Waals surface area contributed by atoms with Crippen LogP contribution in [0.15, 0.2) is 12.2 Å². The normalized spacial score (nSPS) is 23.6. The molecule has 1 aliphatic heterocycles. The summed E-state index contributed by atoms with van der Waals surface area (Å²) in [6, 6.07) is 0. The molecule has 0 aromatic rings. The standard InChI is InChI=1S/C23H44O5/c1-2-3-4-5-6-7-8-9-10-11-12-13-14-15-16-17-27-21(18-24)23-22(26)20(25)19-28-23/h15-16,20-26H,2-14,17-19H2,1H3/b16-15+/t20-,21+,22+,23+/m1/s1. The predicted molar refractivity (Wildman–Crippen MR) is 113 cm³/mol. The minimum atomic E-state index is -0.998. The summed E-state index contributed by atoms with van der Waals surface area (Å²) >= 11 is 0. The third-order valence-corrected chi connectivity index (χ3v) is 5.53. The van der Waals surface area contributed by atoms with Crippen molar-refractivity contribution in [2.75, 3.05) is 19.8 Å². The molecule has 1 aliphatic rings. The maximum atomic E-state index is 9.81. The van der Waals surface area contributed by atoms with Gasteiger partial charge in [-0.2, -0.15) is 0 Å². The summed E-state index contributed by atoms with van der Waals surface area (Å²) in [5, 5.41) is 28.7. The lowest BCUT2D eigenvalue weighted by molar-refractivity contribution is -0.0942. The van der Waals surface area contributed by atoms with E-state index < -0.39 is 24.4 Å². The van der Waals surface area contributed by atoms with Gasteiger partial charge in [0.15, 0.2) is 0 Å². The van der Waals surface area contributed by atoms with Gasteiger partial charge in [-0.3, -0.25) is 0 Å². The fraction of sp³-hybridized carbons (Fsp3) is 0.913. The van der Waals surface area contributed by atoms with E-state index in [1.165, 1.54) is 77.0 Å². The molecule has 0 saturated carbocycles. The van der Waals surface area contributed by atoms with Gasteiger partial charge in [0.05, 0.1) is 19.8 Å². The molecule has 0 radical (unpaired) electrons. The molecule has 1 fully saturated rings. The fourth-order valence-electron chi connectivity index (χ4n) is 3.67. The van der Waals surface area contributed by atoms with Gasteiger partial charge in [0.1, 0.15) is 24.4 Å². The Labute approximate surface area is 172 Å². The van der Waals surface area contributed by atoms with Crippen LogP contribution < -0.4 is 0 Å². The van der Waals surface area contributed by atoms with Crippen molar-refractivity contribution in [2.45, 2.75) is 115 Å². The van der Waals surface area contributed by atoms with Crippen LogP contribution in [0.1, 0.15) is 90.4 Å². The molecule has 0 unspecified atom stereocenters. The SMILES string of the molecule is CCCCCCCCCCCCCC/C=C/CO[C@@H](CO)[C@@H]1OC[C@@H](O)[C@@H]1O. The number of aliphatic hydroxyl groups is 3. The predicted octanol–water partition coefficient (Wildman–Crippen LogP) is 4.13. The number of hydrogen-bond acceptors (Lipinski definition) is 5. The molecule has 0 spiro atoms. The summed E-state index contributed by atoms with van der Waals surface area (Å²) in [4.78, 5) is 0. The van der Waals surface area contributed by atoms with Crippen LogP contribution in [0.5, 0.6) is 0 Å². The zero-order valence-electron chi connectivity index (χ0n) is 17.9. The summed E-state index contributed by atoms with van der Waals surface area (Å²) in [6.45, 7) is 2.50. The molecule has 166 valence electrons. The van der Waals surface area contributed by atoms with Crippen molar-refractivity contribution in [3.8, 4) is 0 Å². The van der Waals surface area contributed by atoms with E-state index in [0.717, 1.165) is 6.42 Å². The van der Waals surface area contributed by atoms with Gasteiger partial charge in [0.2, 0.25) is 0 Å². The highest BCUT2D eigenvalue weighted by molar-refractivity contribution is 4.89. The second kappa shape index (κ2) is 17.4. The molecule has 5 nitrogen and oxygen atoms in total. The quantitative estimate of drug-likeness (QED) is 0.238. The first-order valence-corrected chi connectivity index (χ1v) is 11.6. The molecule has 1 heterocycles. The molecule has 0 bridgehead atoms. The van der Waals surface area contributed by atoms with Crippen molar-refractivity contribution in [2.24, 2.45) is 0 Å². The molecule has 0 aromatic heterocycles. The molecule has 0 aromatic carbocycles. The largest absolute Gasteiger partial charge is 0.394 e. The minimum absolute atomic E-state index is 0.0838. The van der Waals surface area contributed by atoms with Gasteiger partial charge < -0.3 is 24.8 Å². The molecule has 1 rings (SSSR count). The Morgan fingerprint density at radius 1 is 0.893 bits per heavy atom. The number of allylic oxidation sites excluding steroid dienone is 1. The third-order valence-electron chi connectivity index (χ3n) is 5.53. The van der Waals surface area contributed by atoms with E-state index in [1.807, 2.05) is 6.08 Å². The smallest absolute Gasteiger partial charge is 0.114 e. The maximum Gasteiger partial charge on any atom is 0.114 e. The van der Waals surface area contributed by atoms with Gasteiger partial charge in [0, 0.05) is 0 Å². The van der Waals surface area contributed by atoms with E-state index in [9.17, 15) is 15.3 Å². The van der Waals surface area contributed by atoms with Crippen molar-refractivity contribution >= 4 is 0 Å². The van der Waals surface area contributed by atoms with E-state index in [2.05, 4.69) is 13.0 Å². The number of rotatable bonds is 18. The fourth-order valence-corrected chi connectivity index (χ4v) is 3.67. The maximum absolute atomic E-state index is 9.81. The van der Waals surface area contributed by atoms with Crippen LogP contribution in [0, 0.1) is 0 Å². The first-order chi connectivity index (χ1) is 13.7. The molecular weight excluding hydrogens is 356 g/mol. The number of unbranched alkanes of at least 4 members (excludes halogenated alkanes) is 12. The Morgan fingerprint density at radius 2 is 1.46 bits per heavy atom. The van der Waals surface area contributed by atoms with Crippen LogP contribution in [-0.2, 0) is 9.47 Å². The summed E-state index contributed by atoms with van der Waals surface area (Å²) in [6.07, 6.45) is 18.3. The molecule has 28 heavy (non-hydrogen) atoms. The number of aliphatic hydroxyl groups excluding tert-OH is 3. The van der Waals surface area contributed by atoms with Crippen LogP contribution in [-0.4, -0.2) is 59.6 Å². The Bertz CT molecular complexity index is 374. The second-order valence-corrected chi connectivity index (χ2v) is 8.06. The van der Waals surface area contributed by atoms with Gasteiger partial charge in [-0.05, 0) is 12.8 Å². The third kappa shape index (κ3) is 11.5. The number of ether oxygens (including phenoxy) is 2. The van der Waals surface area contributed by atoms with Crippen molar-refractivity contribution in [1.29, 1.82) is 0 Å². The lowest BCUT2D eigenvalue weighted by atomic mass is 10.0. The van der Waals surface area contributed by atoms with Gasteiger partial charge in [-0.15, -0.1) is 0 Å². The summed E-state index contributed by atoms with van der Waals surface area (Å²) in [5.41, 5.74) is 0. The molecule has 5 heteroatoms. The lowest BCUT2D eigenvalue weighted by Crippen LogP contribution is -2.42. The van der Waals surface area contributed by atoms with Crippen molar-refractivity contribution in [3.05, 3.63) is 12.2 Å². The molecule has 3 N–H and O–H groups in total. The van der Waals surface area contributed by atoms with E-state index in [-0.39, 0.29) is 13.2 Å². The van der Waals surface area contributed by atoms with Crippen LogP contribution in [0.25, 0.3) is 0 Å². The summed E-state index contributed by atoms with van der Waals surface area (Å²) in [7, 11) is 0. The van der Waals surface area contributed by atoms with E-state index in [1.54, 1.807) is 0 Å². The van der Waals surface area contributed by atoms with Crippen LogP contribution in [0.3, 0.4) is 0 Å². The molecule has 0 aliphatic carbocycles. The Balaban J connectivity index is 1.89. The molecular formula is C23H44O5. The summed E-state index contributed by atoms with van der Waals surface area (Å²) < 4.78 is 10.9. The number of hydrogen-bond donors (Lipinski definition) is 3. The van der Waals surface area contributed by atoms with E-state index in [0.29, 0.717) is 6.61 Å². The average Bonchev–Trinajstić information content (AvgIpc) is 3.03. The van der Waals surface area contributed by atoms with Gasteiger partial charge in [0.25, 0.3) is 0 Å². The molecule has 4 atom stereocenters. The zero-order chi connectivity index (χ0) is 20.5. The average molecular weight is 401 g/mol. The Morgan fingerprint density at radius 3 is 1.96 bits per heavy atom. The van der Waals surface area contributed by atoms with Gasteiger partial charge >= 0.3 is 0 Å². The Hall–Kier alpha value is -0.460. The van der Waals surface area contributed by atoms with Gasteiger partial charge in [-0.1, -0.05) is 89.7 Å². The van der Waals surface area contributed by atoms with Crippen molar-refractivity contribution < 1.29 is 24.8 Å². The molecule has 0 amide bonds. The second-order valence-electron chi connectivity index (χ2n) is 8.06. The van der Waals surface area contributed by atoms with E-state index in [4.69, 9.17) is 9.47 Å². The molecule has 1 saturated heterocycles. The minimum Gasteiger partial charge on any atom is -0.394 e. The highest BCUT2D eigenvalue weighted by Crippen LogP contribution is 2.19. The van der Waals surface area contributed by atoms with E-state index >= 15 is 0 Å². The monoisotopic (exact) mass is 400 g/mol. The topological polar surface area (TPSA) is 79.2 Å². The summed E-state index contributed by atoms with van der Waals surface area (Å²) in [5.74, 6) is 0. The van der Waals surface area contributed by atoms with Crippen LogP contribution in [0.2, 0.25) is 0 Å². The highest BCUT2D eigenvalue weighted by atomic mass is 16.6. The highest BCUT2D eigenvalue weighted by Gasteiger charge is 2.40. The lowest BCUT2D eigenvalue weighted by Gasteiger charge is -2.23. The van der Waals surface area contributed by atoms with Crippen molar-refractivity contribution in [3.63, 3.8) is 0 Å². The first-order valence-electron chi connectivity index (χ1n) is 11.6. The van der Waals surface area contributed by atoms with Crippen molar-refractivity contribution in [1.82, 2.24) is 0 Å². The zero-order valence-corrected chi connectivity index (χ0v) is 17.9. The van der Waals surface area contributed by atoms with Crippen LogP contribution in [0.4, 0.5) is 0 Å². The van der Waals surface area contributed by atoms with Gasteiger partial charge in [-0.25, -0.2) is 0 Å². The first kappa shape index (κ1) is 25.6.